The van der Waals surface area contributed by atoms with Gasteiger partial charge in [-0.05, 0) is 49.8 Å². The molecular formula is C21H20O6. The number of Topliss-reactive ketones (excluding diaryl/α,β-unsaturated/α-hetero) is 1. The number of carbonyl (C=O) groups is 2. The van der Waals surface area contributed by atoms with Crippen molar-refractivity contribution in [3.05, 3.63) is 59.4 Å². The fourth-order valence-corrected chi connectivity index (χ4v) is 2.64. The Labute approximate surface area is 157 Å². The Morgan fingerprint density at radius 2 is 1.85 bits per heavy atom. The molecule has 0 N–H and O–H groups in total. The predicted molar refractivity (Wildman–Crippen MR) is 99.1 cm³/mol. The van der Waals surface area contributed by atoms with E-state index in [0.717, 1.165) is 5.56 Å². The molecule has 2 aromatic carbocycles. The topological polar surface area (TPSA) is 71.1 Å². The average Bonchev–Trinajstić information content (AvgIpc) is 2.98. The van der Waals surface area contributed by atoms with Crippen molar-refractivity contribution < 1.29 is 28.5 Å². The van der Waals surface area contributed by atoms with Crippen molar-refractivity contribution >= 4 is 17.8 Å². The quantitative estimate of drug-likeness (QED) is 0.573. The lowest BCUT2D eigenvalue weighted by Crippen LogP contribution is -2.24. The van der Waals surface area contributed by atoms with Crippen molar-refractivity contribution in [2.45, 2.75) is 20.0 Å². The molecule has 140 valence electrons. The minimum atomic E-state index is -0.701. The monoisotopic (exact) mass is 368 g/mol. The molecular weight excluding hydrogens is 348 g/mol. The van der Waals surface area contributed by atoms with Gasteiger partial charge in [0.2, 0.25) is 5.78 Å². The molecule has 27 heavy (non-hydrogen) atoms. The number of benzene rings is 2. The predicted octanol–water partition coefficient (Wildman–Crippen LogP) is 3.64. The van der Waals surface area contributed by atoms with Crippen molar-refractivity contribution in [2.24, 2.45) is 0 Å². The number of ketones is 1. The number of esters is 1. The number of hydrogen-bond donors (Lipinski definition) is 0. The summed E-state index contributed by atoms with van der Waals surface area (Å²) in [6.07, 6.45) is 0.962. The molecule has 0 aromatic heterocycles. The molecule has 0 saturated carbocycles. The van der Waals surface area contributed by atoms with Crippen molar-refractivity contribution in [3.63, 3.8) is 0 Å². The highest BCUT2D eigenvalue weighted by atomic mass is 16.6. The average molecular weight is 368 g/mol. The van der Waals surface area contributed by atoms with Gasteiger partial charge in [-0.1, -0.05) is 12.1 Å². The third kappa shape index (κ3) is 4.11. The molecule has 0 unspecified atom stereocenters. The number of fused-ring (bicyclic) bond motifs is 1. The summed E-state index contributed by atoms with van der Waals surface area (Å²) in [5.41, 5.74) is 1.28. The second kappa shape index (κ2) is 7.95. The highest BCUT2D eigenvalue weighted by Gasteiger charge is 2.27. The molecule has 0 fully saturated rings. The van der Waals surface area contributed by atoms with Crippen LogP contribution in [-0.4, -0.2) is 31.6 Å². The third-order valence-corrected chi connectivity index (χ3v) is 3.98. The molecule has 0 bridgehead atoms. The van der Waals surface area contributed by atoms with Crippen LogP contribution in [0.3, 0.4) is 0 Å². The SMILES string of the molecule is CCOc1ccc2c(c1)O/C(=C\c1ccc(O[C@H](C)C(=O)OC)cc1)C2=O. The van der Waals surface area contributed by atoms with Gasteiger partial charge in [0.15, 0.2) is 11.9 Å². The van der Waals surface area contributed by atoms with E-state index in [4.69, 9.17) is 14.2 Å². The molecule has 6 nitrogen and oxygen atoms in total. The van der Waals surface area contributed by atoms with E-state index in [-0.39, 0.29) is 11.5 Å². The maximum atomic E-state index is 12.5. The van der Waals surface area contributed by atoms with Crippen LogP contribution in [0.2, 0.25) is 0 Å². The van der Waals surface area contributed by atoms with E-state index < -0.39 is 12.1 Å². The molecule has 2 aromatic rings. The Morgan fingerprint density at radius 3 is 2.52 bits per heavy atom. The van der Waals surface area contributed by atoms with Crippen LogP contribution >= 0.6 is 0 Å². The van der Waals surface area contributed by atoms with Crippen molar-refractivity contribution in [1.82, 2.24) is 0 Å². The number of hydrogen-bond acceptors (Lipinski definition) is 6. The fraction of sp³-hybridized carbons (Fsp3) is 0.238. The second-order valence-electron chi connectivity index (χ2n) is 5.88. The van der Waals surface area contributed by atoms with E-state index in [9.17, 15) is 9.59 Å². The zero-order chi connectivity index (χ0) is 19.4. The van der Waals surface area contributed by atoms with Crippen molar-refractivity contribution in [1.29, 1.82) is 0 Å². The highest BCUT2D eigenvalue weighted by molar-refractivity contribution is 6.14. The van der Waals surface area contributed by atoms with Gasteiger partial charge < -0.3 is 18.9 Å². The summed E-state index contributed by atoms with van der Waals surface area (Å²) in [6, 6.07) is 12.1. The molecule has 0 aliphatic carbocycles. The van der Waals surface area contributed by atoms with Gasteiger partial charge in [-0.2, -0.15) is 0 Å². The smallest absolute Gasteiger partial charge is 0.346 e. The first-order valence-electron chi connectivity index (χ1n) is 8.57. The summed E-state index contributed by atoms with van der Waals surface area (Å²) < 4.78 is 21.2. The Balaban J connectivity index is 1.73. The molecule has 0 spiro atoms. The van der Waals surface area contributed by atoms with Crippen LogP contribution in [-0.2, 0) is 9.53 Å². The summed E-state index contributed by atoms with van der Waals surface area (Å²) >= 11 is 0. The van der Waals surface area contributed by atoms with Gasteiger partial charge in [-0.25, -0.2) is 4.79 Å². The molecule has 1 heterocycles. The first-order chi connectivity index (χ1) is 13.0. The van der Waals surface area contributed by atoms with Crippen LogP contribution in [0.5, 0.6) is 17.2 Å². The second-order valence-corrected chi connectivity index (χ2v) is 5.88. The molecule has 0 saturated heterocycles. The van der Waals surface area contributed by atoms with Gasteiger partial charge >= 0.3 is 5.97 Å². The summed E-state index contributed by atoms with van der Waals surface area (Å²) in [5, 5.41) is 0. The lowest BCUT2D eigenvalue weighted by atomic mass is 10.1. The molecule has 3 rings (SSSR count). The standard InChI is InChI=1S/C21H20O6/c1-4-25-16-9-10-17-18(12-16)27-19(20(17)22)11-14-5-7-15(8-6-14)26-13(2)21(23)24-3/h5-13H,4H2,1-3H3/b19-11-/t13-/m1/s1. The van der Waals surface area contributed by atoms with Gasteiger partial charge in [0.1, 0.15) is 17.2 Å². The Hall–Kier alpha value is -3.28. The molecule has 6 heteroatoms. The number of allylic oxidation sites excluding steroid dienone is 1. The minimum Gasteiger partial charge on any atom is -0.494 e. The maximum absolute atomic E-state index is 12.5. The van der Waals surface area contributed by atoms with E-state index in [2.05, 4.69) is 4.74 Å². The first-order valence-corrected chi connectivity index (χ1v) is 8.57. The van der Waals surface area contributed by atoms with Crippen molar-refractivity contribution in [3.8, 4) is 17.2 Å². The Kier molecular flexibility index (Phi) is 5.45. The highest BCUT2D eigenvalue weighted by Crippen LogP contribution is 2.35. The molecule has 0 radical (unpaired) electrons. The van der Waals surface area contributed by atoms with Gasteiger partial charge in [0.05, 0.1) is 19.3 Å². The van der Waals surface area contributed by atoms with Gasteiger partial charge in [0.25, 0.3) is 0 Å². The Bertz CT molecular complexity index is 882. The molecule has 1 aliphatic rings. The van der Waals surface area contributed by atoms with Gasteiger partial charge in [-0.3, -0.25) is 4.79 Å². The van der Waals surface area contributed by atoms with Gasteiger partial charge in [-0.15, -0.1) is 0 Å². The van der Waals surface area contributed by atoms with Crippen LogP contribution < -0.4 is 14.2 Å². The maximum Gasteiger partial charge on any atom is 0.346 e. The van der Waals surface area contributed by atoms with E-state index in [1.165, 1.54) is 7.11 Å². The summed E-state index contributed by atoms with van der Waals surface area (Å²) in [7, 11) is 1.31. The first kappa shape index (κ1) is 18.5. The zero-order valence-corrected chi connectivity index (χ0v) is 15.4. The van der Waals surface area contributed by atoms with Crippen molar-refractivity contribution in [2.75, 3.05) is 13.7 Å². The lowest BCUT2D eigenvalue weighted by molar-refractivity contribution is -0.147. The number of rotatable bonds is 6. The summed E-state index contributed by atoms with van der Waals surface area (Å²) in [4.78, 5) is 23.9. The van der Waals surface area contributed by atoms with Crippen LogP contribution in [0.25, 0.3) is 6.08 Å². The Morgan fingerprint density at radius 1 is 1.15 bits per heavy atom. The molecule has 1 aliphatic heterocycles. The van der Waals surface area contributed by atoms with Crippen LogP contribution in [0, 0.1) is 0 Å². The fourth-order valence-electron chi connectivity index (χ4n) is 2.64. The number of methoxy groups -OCH3 is 1. The molecule has 1 atom stereocenters. The zero-order valence-electron chi connectivity index (χ0n) is 15.4. The summed E-state index contributed by atoms with van der Waals surface area (Å²) in [5.74, 6) is 1.30. The van der Waals surface area contributed by atoms with Crippen LogP contribution in [0.1, 0.15) is 29.8 Å². The number of ether oxygens (including phenoxy) is 4. The van der Waals surface area contributed by atoms with E-state index in [1.54, 1.807) is 55.5 Å². The van der Waals surface area contributed by atoms with Gasteiger partial charge in [0, 0.05) is 6.07 Å². The van der Waals surface area contributed by atoms with Crippen LogP contribution in [0.15, 0.2) is 48.2 Å². The lowest BCUT2D eigenvalue weighted by Gasteiger charge is -2.12. The summed E-state index contributed by atoms with van der Waals surface area (Å²) in [6.45, 7) is 4.04. The van der Waals surface area contributed by atoms with Crippen LogP contribution in [0.4, 0.5) is 0 Å². The normalized spacial score (nSPS) is 15.1. The van der Waals surface area contributed by atoms with E-state index >= 15 is 0 Å². The minimum absolute atomic E-state index is 0.173. The van der Waals surface area contributed by atoms with E-state index in [0.29, 0.717) is 29.4 Å². The largest absolute Gasteiger partial charge is 0.494 e. The number of carbonyl (C=O) groups excluding carboxylic acids is 2. The third-order valence-electron chi connectivity index (χ3n) is 3.98. The van der Waals surface area contributed by atoms with E-state index in [1.807, 2.05) is 6.92 Å². The molecule has 0 amide bonds.